The molecule has 5 nitrogen and oxygen atoms in total. The highest BCUT2D eigenvalue weighted by molar-refractivity contribution is 14.0. The molecule has 2 rings (SSSR count). The zero-order valence-electron chi connectivity index (χ0n) is 13.8. The molecule has 0 aliphatic carbocycles. The molecule has 2 aromatic rings. The minimum absolute atomic E-state index is 0. The summed E-state index contributed by atoms with van der Waals surface area (Å²) in [5, 5.41) is 2.92. The molecule has 0 amide bonds. The molecule has 0 heterocycles. The van der Waals surface area contributed by atoms with Gasteiger partial charge in [-0.2, -0.15) is 8.78 Å². The summed E-state index contributed by atoms with van der Waals surface area (Å²) >= 11 is 0. The fourth-order valence-corrected chi connectivity index (χ4v) is 2.10. The van der Waals surface area contributed by atoms with Gasteiger partial charge in [-0.05, 0) is 25.1 Å². The van der Waals surface area contributed by atoms with Crippen molar-refractivity contribution >= 4 is 35.6 Å². The number of guanidine groups is 1. The van der Waals surface area contributed by atoms with Gasteiger partial charge < -0.3 is 20.5 Å². The molecule has 2 aromatic carbocycles. The van der Waals surface area contributed by atoms with Crippen molar-refractivity contribution in [2.45, 2.75) is 20.1 Å². The largest absolute Gasteiger partial charge is 0.497 e. The summed E-state index contributed by atoms with van der Waals surface area (Å²) in [6.45, 7) is -0.910. The van der Waals surface area contributed by atoms with E-state index in [1.165, 1.54) is 6.07 Å². The van der Waals surface area contributed by atoms with Gasteiger partial charge in [0, 0.05) is 17.3 Å². The summed E-state index contributed by atoms with van der Waals surface area (Å²) in [7, 11) is 1.57. The number of hydrogen-bond donors (Lipinski definition) is 2. The van der Waals surface area contributed by atoms with Gasteiger partial charge >= 0.3 is 6.61 Å². The number of methoxy groups -OCH3 is 1. The molecule has 3 N–H and O–H groups in total. The highest BCUT2D eigenvalue weighted by Gasteiger charge is 2.09. The van der Waals surface area contributed by atoms with Crippen LogP contribution in [0.3, 0.4) is 0 Å². The van der Waals surface area contributed by atoms with Crippen LogP contribution in [0.4, 0.5) is 14.5 Å². The highest BCUT2D eigenvalue weighted by atomic mass is 127. The predicted octanol–water partition coefficient (Wildman–Crippen LogP) is 4.15. The van der Waals surface area contributed by atoms with Crippen molar-refractivity contribution in [2.24, 2.45) is 10.7 Å². The fourth-order valence-electron chi connectivity index (χ4n) is 2.10. The first-order valence-corrected chi connectivity index (χ1v) is 7.23. The van der Waals surface area contributed by atoms with Crippen LogP contribution in [0.25, 0.3) is 0 Å². The van der Waals surface area contributed by atoms with Crippen molar-refractivity contribution in [1.82, 2.24) is 0 Å². The molecular weight excluding hydrogens is 443 g/mol. The average molecular weight is 463 g/mol. The minimum atomic E-state index is -2.89. The number of aryl methyl sites for hydroxylation is 1. The van der Waals surface area contributed by atoms with Gasteiger partial charge in [0.2, 0.25) is 0 Å². The Labute approximate surface area is 162 Å². The molecule has 0 aliphatic rings. The number of hydrogen-bond acceptors (Lipinski definition) is 3. The third-order valence-electron chi connectivity index (χ3n) is 3.19. The predicted molar refractivity (Wildman–Crippen MR) is 105 cm³/mol. The van der Waals surface area contributed by atoms with Crippen molar-refractivity contribution in [3.8, 4) is 11.5 Å². The Morgan fingerprint density at radius 2 is 2.00 bits per heavy atom. The maximum Gasteiger partial charge on any atom is 0.387 e. The van der Waals surface area contributed by atoms with E-state index in [9.17, 15) is 8.78 Å². The van der Waals surface area contributed by atoms with Gasteiger partial charge in [0.15, 0.2) is 5.96 Å². The Morgan fingerprint density at radius 3 is 2.68 bits per heavy atom. The van der Waals surface area contributed by atoms with Crippen LogP contribution in [0.15, 0.2) is 47.5 Å². The molecule has 0 aromatic heterocycles. The molecule has 0 saturated heterocycles. The molecule has 0 bridgehead atoms. The van der Waals surface area contributed by atoms with Crippen LogP contribution in [0.5, 0.6) is 11.5 Å². The van der Waals surface area contributed by atoms with Crippen molar-refractivity contribution in [1.29, 1.82) is 0 Å². The number of aliphatic imine (C=N–C) groups is 1. The lowest BCUT2D eigenvalue weighted by Crippen LogP contribution is -2.22. The van der Waals surface area contributed by atoms with Crippen molar-refractivity contribution in [2.75, 3.05) is 12.4 Å². The van der Waals surface area contributed by atoms with E-state index in [-0.39, 0.29) is 42.2 Å². The van der Waals surface area contributed by atoms with Crippen LogP contribution in [-0.4, -0.2) is 19.7 Å². The van der Waals surface area contributed by atoms with Gasteiger partial charge in [-0.3, -0.25) is 0 Å². The Kier molecular flexibility index (Phi) is 8.39. The highest BCUT2D eigenvalue weighted by Crippen LogP contribution is 2.23. The Balaban J connectivity index is 0.00000312. The Hall–Kier alpha value is -2.10. The maximum absolute atomic E-state index is 12.5. The number of benzene rings is 2. The third kappa shape index (κ3) is 6.73. The lowest BCUT2D eigenvalue weighted by molar-refractivity contribution is -0.0504. The van der Waals surface area contributed by atoms with Crippen molar-refractivity contribution < 1.29 is 18.3 Å². The number of anilines is 1. The number of alkyl halides is 2. The molecular formula is C17H20F2IN3O2. The number of nitrogens with one attached hydrogen (secondary N) is 1. The lowest BCUT2D eigenvalue weighted by Gasteiger charge is -2.11. The van der Waals surface area contributed by atoms with Crippen molar-refractivity contribution in [3.05, 3.63) is 53.6 Å². The topological polar surface area (TPSA) is 68.9 Å². The second-order valence-corrected chi connectivity index (χ2v) is 5.05. The second kappa shape index (κ2) is 10.0. The molecule has 25 heavy (non-hydrogen) atoms. The Morgan fingerprint density at radius 1 is 1.24 bits per heavy atom. The summed E-state index contributed by atoms with van der Waals surface area (Å²) in [6.07, 6.45) is 0. The summed E-state index contributed by atoms with van der Waals surface area (Å²) in [5.41, 5.74) is 8.01. The normalized spacial score (nSPS) is 11.0. The van der Waals surface area contributed by atoms with E-state index in [0.717, 1.165) is 5.56 Å². The van der Waals surface area contributed by atoms with Crippen LogP contribution in [0.1, 0.15) is 11.1 Å². The van der Waals surface area contributed by atoms with Crippen LogP contribution in [-0.2, 0) is 6.54 Å². The summed E-state index contributed by atoms with van der Waals surface area (Å²) in [4.78, 5) is 4.17. The number of ether oxygens (including phenoxy) is 2. The first kappa shape index (κ1) is 20.9. The minimum Gasteiger partial charge on any atom is -0.497 e. The zero-order valence-corrected chi connectivity index (χ0v) is 16.2. The number of nitrogens with two attached hydrogens (primary N) is 1. The van der Waals surface area contributed by atoms with Crippen molar-refractivity contribution in [3.63, 3.8) is 0 Å². The van der Waals surface area contributed by atoms with E-state index < -0.39 is 6.61 Å². The molecule has 0 unspecified atom stereocenters. The first-order chi connectivity index (χ1) is 11.5. The summed E-state index contributed by atoms with van der Waals surface area (Å²) in [6, 6.07) is 12.1. The first-order valence-electron chi connectivity index (χ1n) is 7.23. The van der Waals surface area contributed by atoms with Crippen LogP contribution < -0.4 is 20.5 Å². The standard InChI is InChI=1S/C17H19F2N3O2.HI/c1-11-6-7-15(24-16(18)19)12(8-11)10-21-17(20)22-13-4-3-5-14(9-13)23-2;/h3-9,16H,10H2,1-2H3,(H3,20,21,22);1H. The quantitative estimate of drug-likeness (QED) is 0.384. The zero-order chi connectivity index (χ0) is 17.5. The van der Waals surface area contributed by atoms with Crippen LogP contribution in [0, 0.1) is 6.92 Å². The van der Waals surface area contributed by atoms with E-state index in [2.05, 4.69) is 15.0 Å². The van der Waals surface area contributed by atoms with Gasteiger partial charge in [0.05, 0.1) is 13.7 Å². The van der Waals surface area contributed by atoms with Crippen LogP contribution >= 0.6 is 24.0 Å². The Bertz CT molecular complexity index is 727. The molecule has 0 radical (unpaired) electrons. The van der Waals surface area contributed by atoms with E-state index in [1.54, 1.807) is 31.4 Å². The lowest BCUT2D eigenvalue weighted by atomic mass is 10.1. The summed E-state index contributed by atoms with van der Waals surface area (Å²) < 4.78 is 34.5. The maximum atomic E-state index is 12.5. The number of rotatable bonds is 6. The molecule has 0 saturated carbocycles. The van der Waals surface area contributed by atoms with E-state index >= 15 is 0 Å². The second-order valence-electron chi connectivity index (χ2n) is 5.05. The molecule has 0 atom stereocenters. The van der Waals surface area contributed by atoms with Gasteiger partial charge in [0.1, 0.15) is 11.5 Å². The number of nitrogens with zero attached hydrogens (tertiary/aromatic N) is 1. The molecule has 136 valence electrons. The SMILES string of the molecule is COc1cccc(NC(N)=NCc2cc(C)ccc2OC(F)F)c1.I. The van der Waals surface area contributed by atoms with Gasteiger partial charge in [-0.25, -0.2) is 4.99 Å². The average Bonchev–Trinajstić information content (AvgIpc) is 2.55. The van der Waals surface area contributed by atoms with E-state index in [1.807, 2.05) is 19.1 Å². The number of halogens is 3. The molecule has 0 spiro atoms. The van der Waals surface area contributed by atoms with Gasteiger partial charge in [-0.15, -0.1) is 24.0 Å². The molecule has 8 heteroatoms. The molecule has 0 aliphatic heterocycles. The summed E-state index contributed by atoms with van der Waals surface area (Å²) in [5.74, 6) is 0.931. The van der Waals surface area contributed by atoms with E-state index in [0.29, 0.717) is 17.0 Å². The molecule has 0 fully saturated rings. The van der Waals surface area contributed by atoms with Gasteiger partial charge in [-0.1, -0.05) is 23.8 Å². The third-order valence-corrected chi connectivity index (χ3v) is 3.19. The van der Waals surface area contributed by atoms with E-state index in [4.69, 9.17) is 10.5 Å². The smallest absolute Gasteiger partial charge is 0.387 e. The fraction of sp³-hybridized carbons (Fsp3) is 0.235. The van der Waals surface area contributed by atoms with Crippen LogP contribution in [0.2, 0.25) is 0 Å². The van der Waals surface area contributed by atoms with Gasteiger partial charge in [0.25, 0.3) is 0 Å². The monoisotopic (exact) mass is 463 g/mol.